The highest BCUT2D eigenvalue weighted by Gasteiger charge is 2.31. The maximum Gasteiger partial charge on any atom is 0.225 e. The van der Waals surface area contributed by atoms with Crippen LogP contribution in [0.4, 0.5) is 0 Å². The second-order valence-electron chi connectivity index (χ2n) is 5.68. The first-order valence-corrected chi connectivity index (χ1v) is 7.10. The fraction of sp³-hybridized carbons (Fsp3) is 0.857. The number of rotatable bonds is 5. The van der Waals surface area contributed by atoms with Gasteiger partial charge in [0.2, 0.25) is 11.8 Å². The predicted molar refractivity (Wildman–Crippen MR) is 73.5 cm³/mol. The van der Waals surface area contributed by atoms with Gasteiger partial charge < -0.3 is 15.3 Å². The fourth-order valence-corrected chi connectivity index (χ4v) is 2.45. The van der Waals surface area contributed by atoms with Gasteiger partial charge in [0.25, 0.3) is 0 Å². The van der Waals surface area contributed by atoms with Crippen LogP contribution in [0.3, 0.4) is 0 Å². The number of aliphatic hydroxyl groups excluding tert-OH is 1. The van der Waals surface area contributed by atoms with Crippen molar-refractivity contribution in [3.63, 3.8) is 0 Å². The van der Waals surface area contributed by atoms with E-state index in [2.05, 4.69) is 5.32 Å². The third kappa shape index (κ3) is 4.49. The number of carbonyl (C=O) groups is 2. The molecule has 2 amide bonds. The standard InChI is InChI=1S/C14H26N2O3/c1-4-14(3,7-9-17)15-13(19)12-6-5-8-16(10-12)11(2)18/h12,17H,4-10H2,1-3H3,(H,15,19). The van der Waals surface area contributed by atoms with Gasteiger partial charge in [-0.05, 0) is 32.6 Å². The largest absolute Gasteiger partial charge is 0.396 e. The lowest BCUT2D eigenvalue weighted by molar-refractivity contribution is -0.134. The average Bonchev–Trinajstić information content (AvgIpc) is 2.39. The fourth-order valence-electron chi connectivity index (χ4n) is 2.45. The monoisotopic (exact) mass is 270 g/mol. The predicted octanol–water partition coefficient (Wildman–Crippen LogP) is 0.912. The van der Waals surface area contributed by atoms with E-state index in [4.69, 9.17) is 5.11 Å². The molecular weight excluding hydrogens is 244 g/mol. The van der Waals surface area contributed by atoms with E-state index in [-0.39, 0.29) is 29.9 Å². The Kier molecular flexibility index (Phi) is 5.79. The molecular formula is C14H26N2O3. The van der Waals surface area contributed by atoms with Crippen molar-refractivity contribution in [3.8, 4) is 0 Å². The van der Waals surface area contributed by atoms with Crippen LogP contribution in [-0.4, -0.2) is 47.1 Å². The molecule has 0 saturated carbocycles. The van der Waals surface area contributed by atoms with Crippen LogP contribution in [0.5, 0.6) is 0 Å². The Labute approximate surface area is 115 Å². The van der Waals surface area contributed by atoms with Crippen molar-refractivity contribution in [1.82, 2.24) is 10.2 Å². The van der Waals surface area contributed by atoms with Crippen molar-refractivity contribution in [2.75, 3.05) is 19.7 Å². The molecule has 1 aliphatic heterocycles. The maximum atomic E-state index is 12.3. The van der Waals surface area contributed by atoms with Gasteiger partial charge in [-0.2, -0.15) is 0 Å². The molecule has 2 unspecified atom stereocenters. The van der Waals surface area contributed by atoms with Crippen molar-refractivity contribution in [1.29, 1.82) is 0 Å². The van der Waals surface area contributed by atoms with Crippen LogP contribution in [0.2, 0.25) is 0 Å². The van der Waals surface area contributed by atoms with Crippen LogP contribution in [-0.2, 0) is 9.59 Å². The average molecular weight is 270 g/mol. The quantitative estimate of drug-likeness (QED) is 0.780. The maximum absolute atomic E-state index is 12.3. The highest BCUT2D eigenvalue weighted by Crippen LogP contribution is 2.20. The molecule has 1 heterocycles. The number of nitrogens with one attached hydrogen (secondary N) is 1. The summed E-state index contributed by atoms with van der Waals surface area (Å²) in [6.07, 6.45) is 3.04. The summed E-state index contributed by atoms with van der Waals surface area (Å²) in [7, 11) is 0. The zero-order valence-electron chi connectivity index (χ0n) is 12.2. The van der Waals surface area contributed by atoms with Crippen LogP contribution in [0.1, 0.15) is 46.5 Å². The Hall–Kier alpha value is -1.10. The van der Waals surface area contributed by atoms with Gasteiger partial charge in [0.15, 0.2) is 0 Å². The molecule has 5 nitrogen and oxygen atoms in total. The van der Waals surface area contributed by atoms with Crippen molar-refractivity contribution in [3.05, 3.63) is 0 Å². The van der Waals surface area contributed by atoms with Crippen molar-refractivity contribution >= 4 is 11.8 Å². The summed E-state index contributed by atoms with van der Waals surface area (Å²) in [5.41, 5.74) is -0.357. The van der Waals surface area contributed by atoms with Crippen molar-refractivity contribution in [2.24, 2.45) is 5.92 Å². The minimum atomic E-state index is -0.357. The number of hydrogen-bond acceptors (Lipinski definition) is 3. The van der Waals surface area contributed by atoms with Crippen LogP contribution in [0.15, 0.2) is 0 Å². The van der Waals surface area contributed by atoms with Gasteiger partial charge in [-0.15, -0.1) is 0 Å². The van der Waals surface area contributed by atoms with E-state index in [9.17, 15) is 9.59 Å². The van der Waals surface area contributed by atoms with Crippen LogP contribution in [0, 0.1) is 5.92 Å². The van der Waals surface area contributed by atoms with E-state index in [0.29, 0.717) is 13.0 Å². The van der Waals surface area contributed by atoms with E-state index in [1.807, 2.05) is 13.8 Å². The van der Waals surface area contributed by atoms with E-state index in [1.54, 1.807) is 11.8 Å². The van der Waals surface area contributed by atoms with Gasteiger partial charge >= 0.3 is 0 Å². The molecule has 0 bridgehead atoms. The summed E-state index contributed by atoms with van der Waals surface area (Å²) in [4.78, 5) is 25.4. The third-order valence-electron chi connectivity index (χ3n) is 4.11. The van der Waals surface area contributed by atoms with E-state index >= 15 is 0 Å². The van der Waals surface area contributed by atoms with Crippen molar-refractivity contribution < 1.29 is 14.7 Å². The van der Waals surface area contributed by atoms with Crippen LogP contribution in [0.25, 0.3) is 0 Å². The number of amides is 2. The van der Waals surface area contributed by atoms with Gasteiger partial charge in [-0.3, -0.25) is 9.59 Å². The number of carbonyl (C=O) groups excluding carboxylic acids is 2. The van der Waals surface area contributed by atoms with Gasteiger partial charge in [-0.25, -0.2) is 0 Å². The van der Waals surface area contributed by atoms with Gasteiger partial charge in [0, 0.05) is 32.2 Å². The molecule has 110 valence electrons. The lowest BCUT2D eigenvalue weighted by Gasteiger charge is -2.35. The lowest BCUT2D eigenvalue weighted by atomic mass is 9.91. The molecule has 1 rings (SSSR count). The molecule has 2 N–H and O–H groups in total. The van der Waals surface area contributed by atoms with Crippen LogP contribution >= 0.6 is 0 Å². The first-order chi connectivity index (χ1) is 8.91. The Morgan fingerprint density at radius 1 is 1.47 bits per heavy atom. The summed E-state index contributed by atoms with van der Waals surface area (Å²) >= 11 is 0. The summed E-state index contributed by atoms with van der Waals surface area (Å²) in [5.74, 6) is -0.0860. The SMILES string of the molecule is CCC(C)(CCO)NC(=O)C1CCCN(C(C)=O)C1. The molecule has 1 saturated heterocycles. The normalized spacial score (nSPS) is 22.7. The summed E-state index contributed by atoms with van der Waals surface area (Å²) in [5, 5.41) is 12.1. The highest BCUT2D eigenvalue weighted by atomic mass is 16.3. The molecule has 0 aromatic carbocycles. The Morgan fingerprint density at radius 3 is 2.68 bits per heavy atom. The molecule has 2 atom stereocenters. The Bertz CT molecular complexity index is 333. The lowest BCUT2D eigenvalue weighted by Crippen LogP contribution is -2.52. The zero-order chi connectivity index (χ0) is 14.5. The second kappa shape index (κ2) is 6.89. The smallest absolute Gasteiger partial charge is 0.225 e. The number of likely N-dealkylation sites (tertiary alicyclic amines) is 1. The Morgan fingerprint density at radius 2 is 2.16 bits per heavy atom. The minimum Gasteiger partial charge on any atom is -0.396 e. The summed E-state index contributed by atoms with van der Waals surface area (Å²) in [6.45, 7) is 6.82. The molecule has 0 aromatic heterocycles. The first kappa shape index (κ1) is 16.0. The summed E-state index contributed by atoms with van der Waals surface area (Å²) in [6, 6.07) is 0. The van der Waals surface area contributed by atoms with Crippen LogP contribution < -0.4 is 5.32 Å². The molecule has 1 aliphatic rings. The Balaban J connectivity index is 2.59. The van der Waals surface area contributed by atoms with Gasteiger partial charge in [-0.1, -0.05) is 6.92 Å². The van der Waals surface area contributed by atoms with E-state index < -0.39 is 0 Å². The minimum absolute atomic E-state index is 0.00347. The van der Waals surface area contributed by atoms with Gasteiger partial charge in [0.1, 0.15) is 0 Å². The topological polar surface area (TPSA) is 69.6 Å². The molecule has 1 fully saturated rings. The van der Waals surface area contributed by atoms with Gasteiger partial charge in [0.05, 0.1) is 5.92 Å². The molecule has 0 aliphatic carbocycles. The molecule has 5 heteroatoms. The highest BCUT2D eigenvalue weighted by molar-refractivity contribution is 5.81. The van der Waals surface area contributed by atoms with E-state index in [0.717, 1.165) is 25.8 Å². The summed E-state index contributed by atoms with van der Waals surface area (Å²) < 4.78 is 0. The molecule has 0 spiro atoms. The molecule has 19 heavy (non-hydrogen) atoms. The second-order valence-corrected chi connectivity index (χ2v) is 5.68. The number of hydrogen-bond donors (Lipinski definition) is 2. The third-order valence-corrected chi connectivity index (χ3v) is 4.11. The number of piperidine rings is 1. The molecule has 0 aromatic rings. The molecule has 0 radical (unpaired) electrons. The number of aliphatic hydroxyl groups is 1. The van der Waals surface area contributed by atoms with Crippen molar-refractivity contribution in [2.45, 2.75) is 52.0 Å². The number of nitrogens with zero attached hydrogens (tertiary/aromatic N) is 1. The zero-order valence-corrected chi connectivity index (χ0v) is 12.2. The first-order valence-electron chi connectivity index (χ1n) is 7.10. The van der Waals surface area contributed by atoms with E-state index in [1.165, 1.54) is 0 Å².